The number of methoxy groups -OCH3 is 1. The average Bonchev–Trinajstić information content (AvgIpc) is 2.80. The fraction of sp³-hybridized carbons (Fsp3) is 0.680. The van der Waals surface area contributed by atoms with Crippen LogP contribution in [0.3, 0.4) is 0 Å². The van der Waals surface area contributed by atoms with E-state index >= 15 is 0 Å². The summed E-state index contributed by atoms with van der Waals surface area (Å²) < 4.78 is 33.8. The van der Waals surface area contributed by atoms with Crippen molar-refractivity contribution < 1.29 is 43.1 Å². The second-order valence-electron chi connectivity index (χ2n) is 9.36. The summed E-state index contributed by atoms with van der Waals surface area (Å²) in [5.41, 5.74) is 0.254. The number of carbonyl (C=O) groups excluding carboxylic acids is 2. The first-order valence-electron chi connectivity index (χ1n) is 11.8. The molecular formula is C25H39NO9. The lowest BCUT2D eigenvalue weighted by atomic mass is 9.98. The lowest BCUT2D eigenvalue weighted by Crippen LogP contribution is -2.61. The highest BCUT2D eigenvalue weighted by atomic mass is 16.7. The summed E-state index contributed by atoms with van der Waals surface area (Å²) in [5, 5.41) is 13.4. The Bertz CT molecular complexity index is 783. The van der Waals surface area contributed by atoms with Crippen molar-refractivity contribution in [1.29, 1.82) is 0 Å². The van der Waals surface area contributed by atoms with E-state index in [1.807, 2.05) is 37.3 Å². The van der Waals surface area contributed by atoms with Crippen molar-refractivity contribution in [1.82, 2.24) is 5.32 Å². The van der Waals surface area contributed by atoms with Gasteiger partial charge in [0, 0.05) is 13.7 Å². The summed E-state index contributed by atoms with van der Waals surface area (Å²) in [5.74, 6) is -0.700. The Kier molecular flexibility index (Phi) is 11.4. The zero-order valence-corrected chi connectivity index (χ0v) is 21.4. The lowest BCUT2D eigenvalue weighted by molar-refractivity contribution is -0.312. The van der Waals surface area contributed by atoms with Crippen LogP contribution in [0.15, 0.2) is 30.3 Å². The molecule has 1 fully saturated rings. The Morgan fingerprint density at radius 3 is 2.43 bits per heavy atom. The molecule has 0 radical (unpaired) electrons. The van der Waals surface area contributed by atoms with Gasteiger partial charge in [0.2, 0.25) is 0 Å². The highest BCUT2D eigenvalue weighted by molar-refractivity contribution is 5.81. The number of aliphatic hydroxyl groups excluding tert-OH is 1. The Morgan fingerprint density at radius 1 is 1.14 bits per heavy atom. The highest BCUT2D eigenvalue weighted by Crippen LogP contribution is 2.28. The molecule has 6 atom stereocenters. The molecule has 2 rings (SSSR count). The van der Waals surface area contributed by atoms with Crippen LogP contribution in [0.4, 0.5) is 4.79 Å². The lowest BCUT2D eigenvalue weighted by Gasteiger charge is -2.43. The van der Waals surface area contributed by atoms with Crippen LogP contribution >= 0.6 is 0 Å². The van der Waals surface area contributed by atoms with E-state index in [-0.39, 0.29) is 13.2 Å². The first-order chi connectivity index (χ1) is 16.6. The summed E-state index contributed by atoms with van der Waals surface area (Å²) in [7, 11) is 1.47. The molecule has 35 heavy (non-hydrogen) atoms. The van der Waals surface area contributed by atoms with Crippen molar-refractivity contribution in [2.45, 2.75) is 90.0 Å². The van der Waals surface area contributed by atoms with E-state index in [2.05, 4.69) is 5.32 Å². The topological polar surface area (TPSA) is 122 Å². The molecule has 1 saturated heterocycles. The van der Waals surface area contributed by atoms with Gasteiger partial charge in [-0.25, -0.2) is 9.59 Å². The van der Waals surface area contributed by atoms with Gasteiger partial charge in [-0.15, -0.1) is 0 Å². The molecule has 0 saturated carbocycles. The van der Waals surface area contributed by atoms with E-state index in [1.165, 1.54) is 14.0 Å². The van der Waals surface area contributed by atoms with Gasteiger partial charge in [0.05, 0.1) is 6.61 Å². The molecule has 198 valence electrons. The zero-order chi connectivity index (χ0) is 26.0. The van der Waals surface area contributed by atoms with Crippen molar-refractivity contribution in [2.24, 2.45) is 0 Å². The van der Waals surface area contributed by atoms with E-state index in [0.29, 0.717) is 6.61 Å². The molecule has 1 unspecified atom stereocenters. The van der Waals surface area contributed by atoms with Gasteiger partial charge in [-0.2, -0.15) is 0 Å². The van der Waals surface area contributed by atoms with Crippen LogP contribution in [0.2, 0.25) is 0 Å². The van der Waals surface area contributed by atoms with Gasteiger partial charge in [0.25, 0.3) is 0 Å². The number of hydrogen-bond donors (Lipinski definition) is 2. The molecule has 0 bridgehead atoms. The van der Waals surface area contributed by atoms with Crippen LogP contribution < -0.4 is 5.32 Å². The minimum atomic E-state index is -1.14. The largest absolute Gasteiger partial charge is 0.461 e. The zero-order valence-electron chi connectivity index (χ0n) is 21.4. The molecule has 1 aliphatic heterocycles. The predicted molar refractivity (Wildman–Crippen MR) is 127 cm³/mol. The molecule has 1 heterocycles. The molecule has 1 amide bonds. The first-order valence-corrected chi connectivity index (χ1v) is 11.8. The van der Waals surface area contributed by atoms with Crippen LogP contribution in [0.5, 0.6) is 0 Å². The third kappa shape index (κ3) is 9.38. The predicted octanol–water partition coefficient (Wildman–Crippen LogP) is 2.56. The molecule has 2 N–H and O–H groups in total. The number of carbonyl (C=O) groups is 2. The molecule has 10 heteroatoms. The van der Waals surface area contributed by atoms with Gasteiger partial charge < -0.3 is 38.8 Å². The van der Waals surface area contributed by atoms with Crippen LogP contribution in [-0.2, 0) is 39.8 Å². The maximum Gasteiger partial charge on any atom is 0.408 e. The number of alkyl carbamates (subject to hydrolysis) is 1. The second-order valence-corrected chi connectivity index (χ2v) is 9.36. The van der Waals surface area contributed by atoms with Gasteiger partial charge in [-0.3, -0.25) is 0 Å². The van der Waals surface area contributed by atoms with Crippen LogP contribution in [-0.4, -0.2) is 79.8 Å². The third-order valence-corrected chi connectivity index (χ3v) is 5.13. The van der Waals surface area contributed by atoms with E-state index in [9.17, 15) is 14.7 Å². The Morgan fingerprint density at radius 2 is 1.83 bits per heavy atom. The Labute approximate surface area is 207 Å². The van der Waals surface area contributed by atoms with Crippen molar-refractivity contribution in [3.63, 3.8) is 0 Å². The molecule has 1 aromatic rings. The van der Waals surface area contributed by atoms with Crippen LogP contribution in [0.25, 0.3) is 0 Å². The van der Waals surface area contributed by atoms with Gasteiger partial charge in [-0.05, 0) is 39.7 Å². The molecule has 10 nitrogen and oxygen atoms in total. The van der Waals surface area contributed by atoms with E-state index in [4.69, 9.17) is 28.4 Å². The molecule has 1 aromatic carbocycles. The average molecular weight is 498 g/mol. The molecule has 0 aliphatic carbocycles. The van der Waals surface area contributed by atoms with Crippen LogP contribution in [0, 0.1) is 0 Å². The maximum absolute atomic E-state index is 12.4. The Balaban J connectivity index is 2.00. The molecule has 1 aliphatic rings. The summed E-state index contributed by atoms with van der Waals surface area (Å²) >= 11 is 0. The fourth-order valence-electron chi connectivity index (χ4n) is 3.44. The van der Waals surface area contributed by atoms with E-state index < -0.39 is 54.4 Å². The first kappa shape index (κ1) is 29.0. The minimum Gasteiger partial charge on any atom is -0.461 e. The number of hydrogen-bond acceptors (Lipinski definition) is 9. The number of esters is 1. The fourth-order valence-corrected chi connectivity index (χ4v) is 3.44. The standard InChI is InChI=1S/C25H39NO9/c1-7-13-31-20-19(27)18(15-33-22(28)16(2)26-24(29)35-25(3,4)5)34-23(30-6)21(20)32-14-17-11-9-8-10-12-17/h8-12,16,18-21,23,27H,7,13-15H2,1-6H3,(H,26,29)/t16-,18+,19+,20-,21+,23?/m0/s1. The molecule has 0 spiro atoms. The SMILES string of the molecule is CCCO[C@H]1[C@H](O)[C@@H](COC(=O)[C@H](C)NC(=O)OC(C)(C)C)OC(OC)[C@@H]1OCc1ccccc1. The number of nitrogens with one attached hydrogen (secondary N) is 1. The summed E-state index contributed by atoms with van der Waals surface area (Å²) in [6.45, 7) is 9.00. The van der Waals surface area contributed by atoms with Crippen molar-refractivity contribution in [3.05, 3.63) is 35.9 Å². The smallest absolute Gasteiger partial charge is 0.408 e. The summed E-state index contributed by atoms with van der Waals surface area (Å²) in [4.78, 5) is 24.3. The number of amides is 1. The third-order valence-electron chi connectivity index (χ3n) is 5.13. The van der Waals surface area contributed by atoms with Gasteiger partial charge in [0.15, 0.2) is 6.29 Å². The number of benzene rings is 1. The molecule has 0 aromatic heterocycles. The highest BCUT2D eigenvalue weighted by Gasteiger charge is 2.47. The Hall–Kier alpha value is -2.24. The van der Waals surface area contributed by atoms with Gasteiger partial charge in [-0.1, -0.05) is 37.3 Å². The van der Waals surface area contributed by atoms with Gasteiger partial charge in [0.1, 0.15) is 42.7 Å². The quantitative estimate of drug-likeness (QED) is 0.444. The van der Waals surface area contributed by atoms with Crippen molar-refractivity contribution in [2.75, 3.05) is 20.3 Å². The van der Waals surface area contributed by atoms with Crippen molar-refractivity contribution >= 4 is 12.1 Å². The van der Waals surface area contributed by atoms with Crippen molar-refractivity contribution in [3.8, 4) is 0 Å². The number of aliphatic hydroxyl groups is 1. The minimum absolute atomic E-state index is 0.266. The monoisotopic (exact) mass is 497 g/mol. The van der Waals surface area contributed by atoms with E-state index in [1.54, 1.807) is 20.8 Å². The van der Waals surface area contributed by atoms with Crippen LogP contribution in [0.1, 0.15) is 46.6 Å². The second kappa shape index (κ2) is 13.7. The summed E-state index contributed by atoms with van der Waals surface area (Å²) in [6, 6.07) is 8.63. The summed E-state index contributed by atoms with van der Waals surface area (Å²) in [6.07, 6.45) is -4.39. The van der Waals surface area contributed by atoms with E-state index in [0.717, 1.165) is 12.0 Å². The molecular weight excluding hydrogens is 458 g/mol. The normalized spacial score (nSPS) is 25.5. The van der Waals surface area contributed by atoms with Gasteiger partial charge >= 0.3 is 12.1 Å². The maximum atomic E-state index is 12.4. The number of ether oxygens (including phenoxy) is 6. The number of rotatable bonds is 11.